The number of aryl methyl sites for hydroxylation is 3. The second kappa shape index (κ2) is 6.72. The van der Waals surface area contributed by atoms with Crippen molar-refractivity contribution in [1.82, 2.24) is 10.2 Å². The molecule has 148 valence electrons. The van der Waals surface area contributed by atoms with Crippen LogP contribution in [0.3, 0.4) is 0 Å². The third-order valence-corrected chi connectivity index (χ3v) is 8.18. The largest absolute Gasteiger partial charge is 0.415 e. The fourth-order valence-electron chi connectivity index (χ4n) is 6.32. The van der Waals surface area contributed by atoms with Gasteiger partial charge in [-0.05, 0) is 99.8 Å². The molecule has 0 spiro atoms. The van der Waals surface area contributed by atoms with Crippen LogP contribution < -0.4 is 0 Å². The predicted octanol–water partition coefficient (Wildman–Crippen LogP) is 5.44. The number of nitrogens with zero attached hydrogens (tertiary/aromatic N) is 2. The highest BCUT2D eigenvalue weighted by Crippen LogP contribution is 2.60. The smallest absolute Gasteiger partial charge is 0.277 e. The van der Waals surface area contributed by atoms with E-state index in [1.165, 1.54) is 55.9 Å². The van der Waals surface area contributed by atoms with Gasteiger partial charge in [0.25, 0.3) is 5.22 Å². The fraction of sp³-hybridized carbons (Fsp3) is 0.609. The number of Topliss-reactive ketones (excluding diaryl/α,β-unsaturated/α-hetero) is 1. The number of ketones is 1. The van der Waals surface area contributed by atoms with E-state index in [1.807, 2.05) is 13.0 Å². The standard InChI is InChI=1S/C23H28N2O2S/c1-13-4-15(3)19(5-14(13)2)20(26)12-28-22-25-24-21(27-22)23-9-16-6-17(10-23)8-18(7-16)11-23/h4-5,16-18H,6-12H2,1-3H3. The molecule has 4 saturated carbocycles. The van der Waals surface area contributed by atoms with E-state index in [0.717, 1.165) is 40.3 Å². The van der Waals surface area contributed by atoms with Crippen LogP contribution in [0.2, 0.25) is 0 Å². The van der Waals surface area contributed by atoms with Gasteiger partial charge in [-0.3, -0.25) is 4.79 Å². The molecule has 0 amide bonds. The van der Waals surface area contributed by atoms with Crippen LogP contribution in [0, 0.1) is 38.5 Å². The van der Waals surface area contributed by atoms with E-state index in [1.54, 1.807) is 0 Å². The monoisotopic (exact) mass is 396 g/mol. The molecule has 0 unspecified atom stereocenters. The SMILES string of the molecule is Cc1cc(C)c(C(=O)CSc2nnc(C34CC5CC(CC(C5)C3)C4)o2)cc1C. The number of aromatic nitrogens is 2. The maximum atomic E-state index is 12.7. The Morgan fingerprint density at radius 2 is 1.61 bits per heavy atom. The van der Waals surface area contributed by atoms with Gasteiger partial charge in [-0.1, -0.05) is 17.8 Å². The van der Waals surface area contributed by atoms with Crippen molar-refractivity contribution < 1.29 is 9.21 Å². The first-order valence-electron chi connectivity index (χ1n) is 10.5. The Hall–Kier alpha value is -1.62. The van der Waals surface area contributed by atoms with Crippen molar-refractivity contribution in [2.75, 3.05) is 5.75 Å². The van der Waals surface area contributed by atoms with Crippen LogP contribution in [0.25, 0.3) is 0 Å². The molecule has 4 aliphatic rings. The second-order valence-electron chi connectivity index (χ2n) is 9.53. The van der Waals surface area contributed by atoms with Crippen molar-refractivity contribution in [3.05, 3.63) is 40.3 Å². The lowest BCUT2D eigenvalue weighted by Gasteiger charge is -2.55. The first-order chi connectivity index (χ1) is 13.4. The lowest BCUT2D eigenvalue weighted by atomic mass is 9.49. The summed E-state index contributed by atoms with van der Waals surface area (Å²) in [4.78, 5) is 12.7. The van der Waals surface area contributed by atoms with Crippen LogP contribution in [0.15, 0.2) is 21.8 Å². The Balaban J connectivity index is 1.29. The molecule has 4 aliphatic carbocycles. The Labute approximate surface area is 170 Å². The molecule has 5 heteroatoms. The van der Waals surface area contributed by atoms with E-state index >= 15 is 0 Å². The van der Waals surface area contributed by atoms with Crippen molar-refractivity contribution in [3.8, 4) is 0 Å². The molecule has 6 rings (SSSR count). The minimum Gasteiger partial charge on any atom is -0.415 e. The Morgan fingerprint density at radius 3 is 2.25 bits per heavy atom. The highest BCUT2D eigenvalue weighted by molar-refractivity contribution is 7.99. The number of benzene rings is 1. The summed E-state index contributed by atoms with van der Waals surface area (Å²) < 4.78 is 6.12. The highest BCUT2D eigenvalue weighted by atomic mass is 32.2. The molecule has 0 radical (unpaired) electrons. The summed E-state index contributed by atoms with van der Waals surface area (Å²) in [5.74, 6) is 3.85. The maximum absolute atomic E-state index is 12.7. The molecule has 2 aromatic rings. The topological polar surface area (TPSA) is 56.0 Å². The average molecular weight is 397 g/mol. The van der Waals surface area contributed by atoms with Crippen LogP contribution in [0.1, 0.15) is 71.5 Å². The zero-order valence-corrected chi connectivity index (χ0v) is 17.8. The molecule has 4 bridgehead atoms. The van der Waals surface area contributed by atoms with E-state index in [4.69, 9.17) is 4.42 Å². The minimum absolute atomic E-state index is 0.120. The summed E-state index contributed by atoms with van der Waals surface area (Å²) in [7, 11) is 0. The zero-order valence-electron chi connectivity index (χ0n) is 17.0. The second-order valence-corrected chi connectivity index (χ2v) is 10.5. The number of rotatable bonds is 5. The number of hydrogen-bond donors (Lipinski definition) is 0. The number of carbonyl (C=O) groups excluding carboxylic acids is 1. The highest BCUT2D eigenvalue weighted by Gasteiger charge is 2.54. The molecule has 0 aliphatic heterocycles. The Morgan fingerprint density at radius 1 is 1.00 bits per heavy atom. The van der Waals surface area contributed by atoms with E-state index in [9.17, 15) is 4.79 Å². The van der Waals surface area contributed by atoms with Gasteiger partial charge in [0.2, 0.25) is 5.89 Å². The zero-order chi connectivity index (χ0) is 19.5. The summed E-state index contributed by atoms with van der Waals surface area (Å²) in [5, 5.41) is 9.28. The van der Waals surface area contributed by atoms with Gasteiger partial charge in [-0.15, -0.1) is 10.2 Å². The molecule has 4 fully saturated rings. The minimum atomic E-state index is 0.120. The van der Waals surface area contributed by atoms with E-state index in [2.05, 4.69) is 30.1 Å². The molecule has 1 aromatic carbocycles. The Kier molecular flexibility index (Phi) is 4.42. The quantitative estimate of drug-likeness (QED) is 0.498. The van der Waals surface area contributed by atoms with Gasteiger partial charge < -0.3 is 4.42 Å². The van der Waals surface area contributed by atoms with Crippen LogP contribution in [-0.2, 0) is 5.41 Å². The van der Waals surface area contributed by atoms with Crippen molar-refractivity contribution in [3.63, 3.8) is 0 Å². The number of hydrogen-bond acceptors (Lipinski definition) is 5. The van der Waals surface area contributed by atoms with E-state index in [-0.39, 0.29) is 11.2 Å². The van der Waals surface area contributed by atoms with Gasteiger partial charge in [-0.25, -0.2) is 0 Å². The Bertz CT molecular complexity index is 897. The third kappa shape index (κ3) is 3.12. The van der Waals surface area contributed by atoms with Crippen molar-refractivity contribution in [1.29, 1.82) is 0 Å². The summed E-state index contributed by atoms with van der Waals surface area (Å²) in [6.45, 7) is 6.13. The molecular formula is C23H28N2O2S. The molecule has 0 saturated heterocycles. The van der Waals surface area contributed by atoms with Gasteiger partial charge in [0, 0.05) is 11.0 Å². The molecular weight excluding hydrogens is 368 g/mol. The molecule has 4 nitrogen and oxygen atoms in total. The van der Waals surface area contributed by atoms with Crippen LogP contribution in [-0.4, -0.2) is 21.7 Å². The van der Waals surface area contributed by atoms with Crippen LogP contribution >= 0.6 is 11.8 Å². The fourth-order valence-corrected chi connectivity index (χ4v) is 6.97. The lowest BCUT2D eigenvalue weighted by Crippen LogP contribution is -2.48. The van der Waals surface area contributed by atoms with Crippen molar-refractivity contribution in [2.45, 2.75) is 69.9 Å². The first-order valence-corrected chi connectivity index (χ1v) is 11.5. The third-order valence-electron chi connectivity index (χ3n) is 7.37. The van der Waals surface area contributed by atoms with Crippen LogP contribution in [0.4, 0.5) is 0 Å². The van der Waals surface area contributed by atoms with Crippen molar-refractivity contribution in [2.24, 2.45) is 17.8 Å². The maximum Gasteiger partial charge on any atom is 0.277 e. The van der Waals surface area contributed by atoms with E-state index < -0.39 is 0 Å². The predicted molar refractivity (Wildman–Crippen MR) is 110 cm³/mol. The molecule has 0 atom stereocenters. The lowest BCUT2D eigenvalue weighted by molar-refractivity contribution is -0.0191. The van der Waals surface area contributed by atoms with Gasteiger partial charge >= 0.3 is 0 Å². The normalized spacial score (nSPS) is 30.8. The molecule has 28 heavy (non-hydrogen) atoms. The summed E-state index contributed by atoms with van der Waals surface area (Å²) in [5.41, 5.74) is 4.33. The molecule has 0 N–H and O–H groups in total. The van der Waals surface area contributed by atoms with Gasteiger partial charge in [0.05, 0.1) is 5.75 Å². The van der Waals surface area contributed by atoms with Crippen molar-refractivity contribution >= 4 is 17.5 Å². The first kappa shape index (κ1) is 18.4. The van der Waals surface area contributed by atoms with E-state index in [0.29, 0.717) is 11.0 Å². The summed E-state index contributed by atoms with van der Waals surface area (Å²) in [6, 6.07) is 4.09. The van der Waals surface area contributed by atoms with Gasteiger partial charge in [-0.2, -0.15) is 0 Å². The van der Waals surface area contributed by atoms with Gasteiger partial charge in [0.15, 0.2) is 5.78 Å². The number of carbonyl (C=O) groups is 1. The molecule has 1 aromatic heterocycles. The van der Waals surface area contributed by atoms with Gasteiger partial charge in [0.1, 0.15) is 0 Å². The molecule has 1 heterocycles. The van der Waals surface area contributed by atoms with Crippen LogP contribution in [0.5, 0.6) is 0 Å². The average Bonchev–Trinajstić information content (AvgIpc) is 3.11. The number of thioether (sulfide) groups is 1. The summed E-state index contributed by atoms with van der Waals surface area (Å²) in [6.07, 6.45) is 7.85. The summed E-state index contributed by atoms with van der Waals surface area (Å²) >= 11 is 1.38.